The minimum atomic E-state index is 0.896. The summed E-state index contributed by atoms with van der Waals surface area (Å²) in [6.45, 7) is 8.25. The smallest absolute Gasteiger partial charge is 0.0351 e. The molecule has 0 aliphatic carbocycles. The zero-order valence-corrected chi connectivity index (χ0v) is 6.69. The van der Waals surface area contributed by atoms with Crippen LogP contribution in [0.5, 0.6) is 0 Å². The SMILES string of the molecule is C=CCC[C@@H](C)CCC. The maximum atomic E-state index is 3.69. The van der Waals surface area contributed by atoms with Gasteiger partial charge < -0.3 is 0 Å². The van der Waals surface area contributed by atoms with Crippen LogP contribution >= 0.6 is 0 Å². The van der Waals surface area contributed by atoms with Crippen LogP contribution in [-0.4, -0.2) is 0 Å². The Morgan fingerprint density at radius 2 is 2.11 bits per heavy atom. The highest BCUT2D eigenvalue weighted by molar-refractivity contribution is 4.67. The van der Waals surface area contributed by atoms with Gasteiger partial charge in [0, 0.05) is 0 Å². The molecule has 0 saturated carbocycles. The fraction of sp³-hybridized carbons (Fsp3) is 0.778. The lowest BCUT2D eigenvalue weighted by molar-refractivity contribution is 0.491. The van der Waals surface area contributed by atoms with E-state index in [-0.39, 0.29) is 0 Å². The topological polar surface area (TPSA) is 0 Å². The van der Waals surface area contributed by atoms with Crippen molar-refractivity contribution in [3.05, 3.63) is 12.7 Å². The first-order valence-electron chi connectivity index (χ1n) is 3.92. The lowest BCUT2D eigenvalue weighted by Gasteiger charge is -2.05. The monoisotopic (exact) mass is 126 g/mol. The molecule has 0 heteroatoms. The first-order chi connectivity index (χ1) is 4.31. The van der Waals surface area contributed by atoms with Crippen molar-refractivity contribution in [2.75, 3.05) is 0 Å². The van der Waals surface area contributed by atoms with E-state index in [4.69, 9.17) is 0 Å². The van der Waals surface area contributed by atoms with Gasteiger partial charge in [-0.25, -0.2) is 0 Å². The Morgan fingerprint density at radius 1 is 1.44 bits per heavy atom. The minimum absolute atomic E-state index is 0.896. The summed E-state index contributed by atoms with van der Waals surface area (Å²) >= 11 is 0. The molecular weight excluding hydrogens is 108 g/mol. The second kappa shape index (κ2) is 5.87. The number of rotatable bonds is 5. The summed E-state index contributed by atoms with van der Waals surface area (Å²) in [6.07, 6.45) is 7.19. The van der Waals surface area contributed by atoms with Crippen molar-refractivity contribution in [2.45, 2.75) is 39.5 Å². The molecule has 0 spiro atoms. The molecule has 0 heterocycles. The Kier molecular flexibility index (Phi) is 5.70. The van der Waals surface area contributed by atoms with E-state index >= 15 is 0 Å². The van der Waals surface area contributed by atoms with Crippen LogP contribution in [0.15, 0.2) is 12.7 Å². The van der Waals surface area contributed by atoms with Gasteiger partial charge in [-0.05, 0) is 18.8 Å². The molecule has 9 heavy (non-hydrogen) atoms. The molecule has 0 amide bonds. The normalized spacial score (nSPS) is 13.1. The maximum absolute atomic E-state index is 3.69. The van der Waals surface area contributed by atoms with Gasteiger partial charge in [-0.15, -0.1) is 6.58 Å². The summed E-state index contributed by atoms with van der Waals surface area (Å²) in [5.74, 6) is 0.896. The van der Waals surface area contributed by atoms with Crippen molar-refractivity contribution in [1.82, 2.24) is 0 Å². The van der Waals surface area contributed by atoms with Gasteiger partial charge in [0.05, 0.1) is 0 Å². The molecule has 0 aliphatic rings. The fourth-order valence-corrected chi connectivity index (χ4v) is 1.04. The summed E-state index contributed by atoms with van der Waals surface area (Å²) in [5.41, 5.74) is 0. The lowest BCUT2D eigenvalue weighted by atomic mass is 10.0. The van der Waals surface area contributed by atoms with Gasteiger partial charge in [-0.2, -0.15) is 0 Å². The zero-order valence-electron chi connectivity index (χ0n) is 6.69. The summed E-state index contributed by atoms with van der Waals surface area (Å²) in [7, 11) is 0. The fourth-order valence-electron chi connectivity index (χ4n) is 1.04. The van der Waals surface area contributed by atoms with Gasteiger partial charge in [0.1, 0.15) is 0 Å². The Morgan fingerprint density at radius 3 is 2.56 bits per heavy atom. The molecular formula is C9H18. The van der Waals surface area contributed by atoms with Gasteiger partial charge in [0.2, 0.25) is 0 Å². The quantitative estimate of drug-likeness (QED) is 0.495. The summed E-state index contributed by atoms with van der Waals surface area (Å²) in [6, 6.07) is 0. The summed E-state index contributed by atoms with van der Waals surface area (Å²) in [4.78, 5) is 0. The van der Waals surface area contributed by atoms with E-state index in [9.17, 15) is 0 Å². The van der Waals surface area contributed by atoms with Crippen LogP contribution in [0, 0.1) is 5.92 Å². The molecule has 0 N–H and O–H groups in total. The van der Waals surface area contributed by atoms with Gasteiger partial charge in [-0.3, -0.25) is 0 Å². The van der Waals surface area contributed by atoms with Crippen LogP contribution in [0.25, 0.3) is 0 Å². The Bertz CT molecular complexity index is 64.4. The van der Waals surface area contributed by atoms with E-state index in [0.717, 1.165) is 5.92 Å². The maximum Gasteiger partial charge on any atom is -0.0351 e. The molecule has 0 aliphatic heterocycles. The summed E-state index contributed by atoms with van der Waals surface area (Å²) < 4.78 is 0. The van der Waals surface area contributed by atoms with Crippen LogP contribution in [0.4, 0.5) is 0 Å². The molecule has 0 fully saturated rings. The molecule has 0 saturated heterocycles. The molecule has 54 valence electrons. The van der Waals surface area contributed by atoms with Gasteiger partial charge in [-0.1, -0.05) is 32.8 Å². The number of allylic oxidation sites excluding steroid dienone is 1. The second-order valence-corrected chi connectivity index (χ2v) is 2.76. The molecule has 0 radical (unpaired) electrons. The first kappa shape index (κ1) is 8.74. The van der Waals surface area contributed by atoms with Crippen LogP contribution in [-0.2, 0) is 0 Å². The largest absolute Gasteiger partial charge is 0.103 e. The number of hydrogen-bond acceptors (Lipinski definition) is 0. The van der Waals surface area contributed by atoms with Crippen LogP contribution in [0.2, 0.25) is 0 Å². The summed E-state index contributed by atoms with van der Waals surface area (Å²) in [5, 5.41) is 0. The highest BCUT2D eigenvalue weighted by atomic mass is 14.0. The van der Waals surface area contributed by atoms with Gasteiger partial charge in [0.25, 0.3) is 0 Å². The molecule has 0 bridgehead atoms. The average Bonchev–Trinajstić information content (AvgIpc) is 1.85. The number of hydrogen-bond donors (Lipinski definition) is 0. The van der Waals surface area contributed by atoms with Crippen molar-refractivity contribution in [1.29, 1.82) is 0 Å². The Balaban J connectivity index is 3.04. The van der Waals surface area contributed by atoms with Gasteiger partial charge in [0.15, 0.2) is 0 Å². The third kappa shape index (κ3) is 5.61. The van der Waals surface area contributed by atoms with E-state index in [1.165, 1.54) is 25.7 Å². The highest BCUT2D eigenvalue weighted by Gasteiger charge is 1.96. The molecule has 0 aromatic rings. The van der Waals surface area contributed by atoms with Crippen LogP contribution < -0.4 is 0 Å². The predicted molar refractivity (Wildman–Crippen MR) is 43.5 cm³/mol. The lowest BCUT2D eigenvalue weighted by Crippen LogP contribution is -1.91. The van der Waals surface area contributed by atoms with Crippen molar-refractivity contribution in [3.63, 3.8) is 0 Å². The minimum Gasteiger partial charge on any atom is -0.103 e. The molecule has 0 rings (SSSR count). The Labute approximate surface area is 59.0 Å². The predicted octanol–water partition coefficient (Wildman–Crippen LogP) is 3.39. The van der Waals surface area contributed by atoms with Crippen LogP contribution in [0.1, 0.15) is 39.5 Å². The molecule has 1 atom stereocenters. The van der Waals surface area contributed by atoms with E-state index in [1.54, 1.807) is 0 Å². The third-order valence-corrected chi connectivity index (χ3v) is 1.65. The molecule has 0 aromatic heterocycles. The van der Waals surface area contributed by atoms with E-state index in [1.807, 2.05) is 6.08 Å². The van der Waals surface area contributed by atoms with Crippen molar-refractivity contribution in [2.24, 2.45) is 5.92 Å². The van der Waals surface area contributed by atoms with Crippen LogP contribution in [0.3, 0.4) is 0 Å². The van der Waals surface area contributed by atoms with E-state index in [0.29, 0.717) is 0 Å². The first-order valence-corrected chi connectivity index (χ1v) is 3.92. The average molecular weight is 126 g/mol. The van der Waals surface area contributed by atoms with Crippen molar-refractivity contribution < 1.29 is 0 Å². The second-order valence-electron chi connectivity index (χ2n) is 2.76. The van der Waals surface area contributed by atoms with Crippen molar-refractivity contribution in [3.8, 4) is 0 Å². The third-order valence-electron chi connectivity index (χ3n) is 1.65. The van der Waals surface area contributed by atoms with Gasteiger partial charge >= 0.3 is 0 Å². The zero-order chi connectivity index (χ0) is 7.11. The van der Waals surface area contributed by atoms with E-state index < -0.39 is 0 Å². The highest BCUT2D eigenvalue weighted by Crippen LogP contribution is 2.11. The molecule has 0 aromatic carbocycles. The Hall–Kier alpha value is -0.260. The molecule has 0 unspecified atom stereocenters. The van der Waals surface area contributed by atoms with E-state index in [2.05, 4.69) is 20.4 Å². The van der Waals surface area contributed by atoms with Crippen molar-refractivity contribution >= 4 is 0 Å². The standard InChI is InChI=1S/C9H18/c1-4-6-8-9(3)7-5-2/h4,9H,1,5-8H2,2-3H3/t9-/m0/s1. The molecule has 0 nitrogen and oxygen atoms in total.